The molecule has 0 heterocycles. The second-order valence-electron chi connectivity index (χ2n) is 6.74. The zero-order valence-corrected chi connectivity index (χ0v) is 19.3. The molecule has 0 radical (unpaired) electrons. The van der Waals surface area contributed by atoms with Gasteiger partial charge in [-0.3, -0.25) is 4.79 Å². The van der Waals surface area contributed by atoms with Crippen molar-refractivity contribution >= 4 is 28.8 Å². The summed E-state index contributed by atoms with van der Waals surface area (Å²) in [5.41, 5.74) is 0. The van der Waals surface area contributed by atoms with Crippen molar-refractivity contribution in [1.29, 1.82) is 0 Å². The Bertz CT molecular complexity index is 359. The fraction of sp³-hybridized carbons (Fsp3) is 0.850. The summed E-state index contributed by atoms with van der Waals surface area (Å²) in [7, 11) is 0. The molecular formula is C20H35NaO3S. The number of hydrogen-bond donors (Lipinski definition) is 0. The number of carbonyl (C=O) groups excluding carboxylic acids is 2. The van der Waals surface area contributed by atoms with Crippen molar-refractivity contribution in [3.8, 4) is 0 Å². The number of aliphatic carboxylic acids is 1. The van der Waals surface area contributed by atoms with Crippen LogP contribution in [0.3, 0.4) is 0 Å². The van der Waals surface area contributed by atoms with Crippen molar-refractivity contribution in [2.24, 2.45) is 0 Å². The van der Waals surface area contributed by atoms with Crippen LogP contribution in [0.4, 0.5) is 0 Å². The molecule has 0 rings (SSSR count). The van der Waals surface area contributed by atoms with Gasteiger partial charge in [0.05, 0.1) is 5.97 Å². The average Bonchev–Trinajstić information content (AvgIpc) is 2.57. The van der Waals surface area contributed by atoms with Crippen molar-refractivity contribution in [3.05, 3.63) is 0 Å². The molecule has 0 spiro atoms. The topological polar surface area (TPSA) is 57.2 Å². The van der Waals surface area contributed by atoms with E-state index in [-0.39, 0.29) is 36.0 Å². The molecule has 0 aromatic rings. The maximum atomic E-state index is 11.4. The Hall–Kier alpha value is 0.230. The first-order chi connectivity index (χ1) is 11.6. The van der Waals surface area contributed by atoms with Gasteiger partial charge in [-0.2, -0.15) is 0 Å². The van der Waals surface area contributed by atoms with E-state index in [9.17, 15) is 14.7 Å². The second kappa shape index (κ2) is 20.5. The third kappa shape index (κ3) is 18.8. The number of ketones is 1. The van der Waals surface area contributed by atoms with Crippen molar-refractivity contribution in [3.63, 3.8) is 0 Å². The smallest absolute Gasteiger partial charge is 0.544 e. The molecular weight excluding hydrogens is 343 g/mol. The number of hydrogen-bond acceptors (Lipinski definition) is 4. The van der Waals surface area contributed by atoms with Gasteiger partial charge in [-0.25, -0.2) is 0 Å². The van der Waals surface area contributed by atoms with E-state index in [2.05, 4.69) is 19.1 Å². The van der Waals surface area contributed by atoms with Crippen LogP contribution in [-0.4, -0.2) is 16.6 Å². The molecule has 0 fully saturated rings. The van der Waals surface area contributed by atoms with Gasteiger partial charge in [-0.15, -0.1) is 0 Å². The van der Waals surface area contributed by atoms with Crippen molar-refractivity contribution in [1.82, 2.24) is 0 Å². The molecule has 0 aliphatic carbocycles. The van der Waals surface area contributed by atoms with E-state index in [4.69, 9.17) is 0 Å². The number of carboxylic acid groups (broad SMARTS) is 1. The van der Waals surface area contributed by atoms with Crippen LogP contribution in [0.5, 0.6) is 0 Å². The number of carbonyl (C=O) groups is 2. The van der Waals surface area contributed by atoms with Crippen molar-refractivity contribution in [2.45, 2.75) is 110 Å². The molecule has 0 aromatic carbocycles. The van der Waals surface area contributed by atoms with E-state index in [1.54, 1.807) is 0 Å². The zero-order chi connectivity index (χ0) is 18.0. The summed E-state index contributed by atoms with van der Waals surface area (Å²) in [4.78, 5) is 21.2. The molecule has 0 aliphatic heterocycles. The van der Waals surface area contributed by atoms with Crippen LogP contribution in [0.1, 0.15) is 110 Å². The minimum atomic E-state index is -1.52. The first-order valence-corrected chi connectivity index (χ1v) is 10.3. The predicted molar refractivity (Wildman–Crippen MR) is 102 cm³/mol. The monoisotopic (exact) mass is 378 g/mol. The van der Waals surface area contributed by atoms with Crippen LogP contribution in [-0.2, 0) is 9.59 Å². The molecule has 0 aliphatic rings. The minimum Gasteiger partial charge on any atom is -0.544 e. The van der Waals surface area contributed by atoms with E-state index in [0.29, 0.717) is 0 Å². The summed E-state index contributed by atoms with van der Waals surface area (Å²) < 4.78 is 0. The number of Topliss-reactive ketones (excluding diaryl/α,β-unsaturated/α-hetero) is 1. The third-order valence-electron chi connectivity index (χ3n) is 4.45. The number of rotatable bonds is 18. The van der Waals surface area contributed by atoms with Crippen LogP contribution < -0.4 is 34.7 Å². The Morgan fingerprint density at radius 2 is 1.00 bits per heavy atom. The number of thiocarbonyl (C=S) groups is 1. The van der Waals surface area contributed by atoms with Crippen molar-refractivity contribution < 1.29 is 44.3 Å². The van der Waals surface area contributed by atoms with E-state index < -0.39 is 16.6 Å². The Labute approximate surface area is 182 Å². The van der Waals surface area contributed by atoms with Gasteiger partial charge in [0, 0.05) is 6.42 Å². The fourth-order valence-corrected chi connectivity index (χ4v) is 2.99. The van der Waals surface area contributed by atoms with Gasteiger partial charge in [0.15, 0.2) is 5.78 Å². The number of carboxylic acids is 1. The standard InChI is InChI=1S/C20H36O3S.Na/c1-2-3-4-5-6-7-8-9-10-11-12-13-14-15-16-17-18(21)19(24)20(22)23;/h2-17H2,1H3,(H,22,23);/q;+1/p-1. The maximum absolute atomic E-state index is 11.4. The Morgan fingerprint density at radius 3 is 1.32 bits per heavy atom. The number of unbranched alkanes of at least 4 members (excludes halogenated alkanes) is 14. The molecule has 0 bridgehead atoms. The Kier molecular flexibility index (Phi) is 22.6. The molecule has 25 heavy (non-hydrogen) atoms. The minimum absolute atomic E-state index is 0. The Balaban J connectivity index is 0. The van der Waals surface area contributed by atoms with Gasteiger partial charge >= 0.3 is 29.6 Å². The normalized spacial score (nSPS) is 10.3. The summed E-state index contributed by atoms with van der Waals surface area (Å²) in [6.07, 6.45) is 19.2. The van der Waals surface area contributed by atoms with Crippen LogP contribution in [0.25, 0.3) is 0 Å². The van der Waals surface area contributed by atoms with Crippen LogP contribution in [0, 0.1) is 0 Å². The van der Waals surface area contributed by atoms with Gasteiger partial charge in [-0.05, 0) is 6.42 Å². The predicted octanol–water partition coefficient (Wildman–Crippen LogP) is 1.94. The quantitative estimate of drug-likeness (QED) is 0.158. The maximum Gasteiger partial charge on any atom is 1.00 e. The SMILES string of the molecule is CCCCCCCCCCCCCCCCCC(=O)C(=S)C(=O)[O-].[Na+]. The average molecular weight is 379 g/mol. The molecule has 5 heteroatoms. The van der Waals surface area contributed by atoms with E-state index in [1.165, 1.54) is 77.0 Å². The molecule has 0 unspecified atom stereocenters. The van der Waals surface area contributed by atoms with E-state index in [1.807, 2.05) is 0 Å². The molecule has 140 valence electrons. The molecule has 0 aromatic heterocycles. The molecule has 0 saturated heterocycles. The summed E-state index contributed by atoms with van der Waals surface area (Å²) >= 11 is 4.49. The van der Waals surface area contributed by atoms with Crippen LogP contribution in [0.15, 0.2) is 0 Å². The summed E-state index contributed by atoms with van der Waals surface area (Å²) in [6, 6.07) is 0. The second-order valence-corrected chi connectivity index (χ2v) is 7.15. The van der Waals surface area contributed by atoms with E-state index in [0.717, 1.165) is 19.3 Å². The summed E-state index contributed by atoms with van der Waals surface area (Å²) in [5.74, 6) is -1.98. The van der Waals surface area contributed by atoms with Gasteiger partial charge in [0.2, 0.25) is 0 Å². The zero-order valence-electron chi connectivity index (χ0n) is 16.4. The molecule has 0 saturated carbocycles. The van der Waals surface area contributed by atoms with E-state index >= 15 is 0 Å². The molecule has 3 nitrogen and oxygen atoms in total. The fourth-order valence-electron chi connectivity index (χ4n) is 2.88. The van der Waals surface area contributed by atoms with Crippen LogP contribution in [0.2, 0.25) is 0 Å². The van der Waals surface area contributed by atoms with Gasteiger partial charge in [0.1, 0.15) is 4.86 Å². The van der Waals surface area contributed by atoms with Crippen LogP contribution >= 0.6 is 12.2 Å². The summed E-state index contributed by atoms with van der Waals surface area (Å²) in [6.45, 7) is 2.26. The van der Waals surface area contributed by atoms with Gasteiger partial charge in [-0.1, -0.05) is 109 Å². The molecule has 0 atom stereocenters. The largest absolute Gasteiger partial charge is 1.00 e. The summed E-state index contributed by atoms with van der Waals surface area (Å²) in [5, 5.41) is 10.4. The van der Waals surface area contributed by atoms with Gasteiger partial charge < -0.3 is 9.90 Å². The first-order valence-electron chi connectivity index (χ1n) is 9.88. The van der Waals surface area contributed by atoms with Crippen molar-refractivity contribution in [2.75, 3.05) is 0 Å². The van der Waals surface area contributed by atoms with Gasteiger partial charge in [0.25, 0.3) is 0 Å². The first kappa shape index (κ1) is 27.4. The molecule has 0 amide bonds. The Morgan fingerprint density at radius 1 is 0.680 bits per heavy atom. The molecule has 0 N–H and O–H groups in total. The third-order valence-corrected chi connectivity index (χ3v) is 4.84.